The van der Waals surface area contributed by atoms with E-state index in [1.807, 2.05) is 23.8 Å². The second-order valence-corrected chi connectivity index (χ2v) is 4.54. The zero-order chi connectivity index (χ0) is 12.0. The maximum Gasteiger partial charge on any atom is 0.221 e. The minimum atomic E-state index is -0.501. The van der Waals surface area contributed by atoms with E-state index in [4.69, 9.17) is 0 Å². The molecule has 0 aromatic carbocycles. The molecule has 4 nitrogen and oxygen atoms in total. The molecule has 1 rings (SSSR count). The Labute approximate surface area is 99.7 Å². The van der Waals surface area contributed by atoms with Crippen molar-refractivity contribution >= 4 is 17.2 Å². The van der Waals surface area contributed by atoms with Crippen LogP contribution in [0.1, 0.15) is 25.0 Å². The van der Waals surface area contributed by atoms with Gasteiger partial charge in [-0.25, -0.2) is 0 Å². The SMILES string of the molecule is CNC(=O)CC(C)NCC(O)c1ccsc1. The molecule has 2 unspecified atom stereocenters. The van der Waals surface area contributed by atoms with E-state index in [-0.39, 0.29) is 11.9 Å². The smallest absolute Gasteiger partial charge is 0.221 e. The summed E-state index contributed by atoms with van der Waals surface area (Å²) in [7, 11) is 1.62. The van der Waals surface area contributed by atoms with Crippen LogP contribution in [0.2, 0.25) is 0 Å². The lowest BCUT2D eigenvalue weighted by atomic mass is 10.1. The molecular formula is C11H18N2O2S. The first-order valence-corrected chi connectivity index (χ1v) is 6.22. The zero-order valence-electron chi connectivity index (χ0n) is 9.56. The van der Waals surface area contributed by atoms with Crippen molar-refractivity contribution in [3.05, 3.63) is 22.4 Å². The van der Waals surface area contributed by atoms with E-state index in [1.54, 1.807) is 18.4 Å². The van der Waals surface area contributed by atoms with Crippen molar-refractivity contribution < 1.29 is 9.90 Å². The van der Waals surface area contributed by atoms with Crippen LogP contribution in [-0.2, 0) is 4.79 Å². The molecule has 0 radical (unpaired) electrons. The Morgan fingerprint density at radius 3 is 2.94 bits per heavy atom. The molecule has 1 aromatic rings. The monoisotopic (exact) mass is 242 g/mol. The fraction of sp³-hybridized carbons (Fsp3) is 0.545. The molecule has 0 aliphatic carbocycles. The molecule has 16 heavy (non-hydrogen) atoms. The second kappa shape index (κ2) is 6.62. The van der Waals surface area contributed by atoms with Crippen molar-refractivity contribution in [1.29, 1.82) is 0 Å². The van der Waals surface area contributed by atoms with Crippen molar-refractivity contribution in [3.63, 3.8) is 0 Å². The van der Waals surface area contributed by atoms with E-state index in [2.05, 4.69) is 10.6 Å². The fourth-order valence-electron chi connectivity index (χ4n) is 1.35. The molecule has 1 aromatic heterocycles. The van der Waals surface area contributed by atoms with E-state index in [1.165, 1.54) is 0 Å². The van der Waals surface area contributed by atoms with Gasteiger partial charge in [0.1, 0.15) is 0 Å². The van der Waals surface area contributed by atoms with Gasteiger partial charge in [-0.05, 0) is 29.3 Å². The lowest BCUT2D eigenvalue weighted by Crippen LogP contribution is -2.34. The number of hydrogen-bond acceptors (Lipinski definition) is 4. The Kier molecular flexibility index (Phi) is 5.45. The Morgan fingerprint density at radius 2 is 2.38 bits per heavy atom. The number of rotatable bonds is 6. The fourth-order valence-corrected chi connectivity index (χ4v) is 2.05. The molecule has 0 saturated carbocycles. The third-order valence-corrected chi connectivity index (χ3v) is 3.06. The summed E-state index contributed by atoms with van der Waals surface area (Å²) in [6.07, 6.45) is -0.0780. The summed E-state index contributed by atoms with van der Waals surface area (Å²) >= 11 is 1.56. The summed E-state index contributed by atoms with van der Waals surface area (Å²) in [5.41, 5.74) is 0.921. The molecule has 1 heterocycles. The molecule has 0 aliphatic rings. The largest absolute Gasteiger partial charge is 0.387 e. The summed E-state index contributed by atoms with van der Waals surface area (Å²) in [5, 5.41) is 19.4. The Morgan fingerprint density at radius 1 is 1.62 bits per heavy atom. The number of carbonyl (C=O) groups excluding carboxylic acids is 1. The number of amides is 1. The topological polar surface area (TPSA) is 61.4 Å². The van der Waals surface area contributed by atoms with Gasteiger partial charge in [-0.1, -0.05) is 0 Å². The predicted octanol–water partition coefficient (Wildman–Crippen LogP) is 0.896. The van der Waals surface area contributed by atoms with E-state index < -0.39 is 6.10 Å². The number of aliphatic hydroxyl groups is 1. The van der Waals surface area contributed by atoms with Gasteiger partial charge in [0.15, 0.2) is 0 Å². The molecule has 0 saturated heterocycles. The van der Waals surface area contributed by atoms with Crippen molar-refractivity contribution in [3.8, 4) is 0 Å². The van der Waals surface area contributed by atoms with Gasteiger partial charge in [-0.15, -0.1) is 0 Å². The number of thiophene rings is 1. The summed E-state index contributed by atoms with van der Waals surface area (Å²) in [5.74, 6) is 0.00465. The number of carbonyl (C=O) groups is 1. The lowest BCUT2D eigenvalue weighted by Gasteiger charge is -2.15. The Hall–Kier alpha value is -0.910. The van der Waals surface area contributed by atoms with Gasteiger partial charge in [-0.3, -0.25) is 4.79 Å². The number of nitrogens with one attached hydrogen (secondary N) is 2. The highest BCUT2D eigenvalue weighted by molar-refractivity contribution is 7.07. The van der Waals surface area contributed by atoms with Gasteiger partial charge in [-0.2, -0.15) is 11.3 Å². The molecule has 0 spiro atoms. The maximum absolute atomic E-state index is 11.1. The summed E-state index contributed by atoms with van der Waals surface area (Å²) in [6, 6.07) is 1.97. The third-order valence-electron chi connectivity index (χ3n) is 2.36. The van der Waals surface area contributed by atoms with Crippen LogP contribution in [0.4, 0.5) is 0 Å². The molecule has 0 aliphatic heterocycles. The summed E-state index contributed by atoms with van der Waals surface area (Å²) in [6.45, 7) is 2.39. The van der Waals surface area contributed by atoms with Crippen LogP contribution in [0.5, 0.6) is 0 Å². The van der Waals surface area contributed by atoms with Gasteiger partial charge in [0.05, 0.1) is 6.10 Å². The highest BCUT2D eigenvalue weighted by atomic mass is 32.1. The molecule has 5 heteroatoms. The molecule has 0 bridgehead atoms. The van der Waals surface area contributed by atoms with Crippen LogP contribution in [-0.4, -0.2) is 30.6 Å². The summed E-state index contributed by atoms with van der Waals surface area (Å²) < 4.78 is 0. The molecule has 0 fully saturated rings. The first-order chi connectivity index (χ1) is 7.63. The number of aliphatic hydroxyl groups excluding tert-OH is 1. The Balaban J connectivity index is 2.26. The standard InChI is InChI=1S/C11H18N2O2S/c1-8(5-11(15)12-2)13-6-10(14)9-3-4-16-7-9/h3-4,7-8,10,13-14H,5-6H2,1-2H3,(H,12,15). The van der Waals surface area contributed by atoms with E-state index in [9.17, 15) is 9.90 Å². The van der Waals surface area contributed by atoms with Gasteiger partial charge in [0.2, 0.25) is 5.91 Å². The molecule has 1 amide bonds. The van der Waals surface area contributed by atoms with E-state index in [0.29, 0.717) is 13.0 Å². The van der Waals surface area contributed by atoms with E-state index >= 15 is 0 Å². The minimum Gasteiger partial charge on any atom is -0.387 e. The lowest BCUT2D eigenvalue weighted by molar-refractivity contribution is -0.121. The first-order valence-electron chi connectivity index (χ1n) is 5.27. The molecule has 90 valence electrons. The summed E-state index contributed by atoms with van der Waals surface area (Å²) in [4.78, 5) is 11.1. The molecular weight excluding hydrogens is 224 g/mol. The quantitative estimate of drug-likeness (QED) is 0.694. The zero-order valence-corrected chi connectivity index (χ0v) is 10.4. The number of hydrogen-bond donors (Lipinski definition) is 3. The highest BCUT2D eigenvalue weighted by Gasteiger charge is 2.11. The van der Waals surface area contributed by atoms with Crippen molar-refractivity contribution in [2.75, 3.05) is 13.6 Å². The minimum absolute atomic E-state index is 0.00465. The average Bonchev–Trinajstić information content (AvgIpc) is 2.79. The van der Waals surface area contributed by atoms with Crippen molar-refractivity contribution in [2.45, 2.75) is 25.5 Å². The van der Waals surface area contributed by atoms with E-state index in [0.717, 1.165) is 5.56 Å². The van der Waals surface area contributed by atoms with Crippen molar-refractivity contribution in [2.24, 2.45) is 0 Å². The van der Waals surface area contributed by atoms with Crippen LogP contribution < -0.4 is 10.6 Å². The van der Waals surface area contributed by atoms with Gasteiger partial charge in [0, 0.05) is 26.1 Å². The second-order valence-electron chi connectivity index (χ2n) is 3.76. The third kappa shape index (κ3) is 4.30. The Bertz CT molecular complexity index is 314. The van der Waals surface area contributed by atoms with Crippen LogP contribution in [0, 0.1) is 0 Å². The van der Waals surface area contributed by atoms with Gasteiger partial charge < -0.3 is 15.7 Å². The molecule has 3 N–H and O–H groups in total. The first kappa shape index (κ1) is 13.2. The maximum atomic E-state index is 11.1. The van der Waals surface area contributed by atoms with Crippen LogP contribution in [0.15, 0.2) is 16.8 Å². The average molecular weight is 242 g/mol. The van der Waals surface area contributed by atoms with Gasteiger partial charge in [0.25, 0.3) is 0 Å². The van der Waals surface area contributed by atoms with Crippen LogP contribution >= 0.6 is 11.3 Å². The highest BCUT2D eigenvalue weighted by Crippen LogP contribution is 2.15. The van der Waals surface area contributed by atoms with Gasteiger partial charge >= 0.3 is 0 Å². The van der Waals surface area contributed by atoms with Crippen LogP contribution in [0.25, 0.3) is 0 Å². The predicted molar refractivity (Wildman–Crippen MR) is 65.4 cm³/mol. The molecule has 2 atom stereocenters. The van der Waals surface area contributed by atoms with Crippen molar-refractivity contribution in [1.82, 2.24) is 10.6 Å². The van der Waals surface area contributed by atoms with Crippen LogP contribution in [0.3, 0.4) is 0 Å². The normalized spacial score (nSPS) is 14.4.